The van der Waals surface area contributed by atoms with E-state index in [-0.39, 0.29) is 0 Å². The standard InChI is InChI=1S/C11H14OS2/c12-11-7-13-5-9-3-1-2-4-10(9)6-14-8-11/h1-4,9-10H,5-8H2. The van der Waals surface area contributed by atoms with Crippen molar-refractivity contribution in [3.63, 3.8) is 0 Å². The predicted molar refractivity (Wildman–Crippen MR) is 64.9 cm³/mol. The molecule has 1 saturated heterocycles. The molecule has 1 aliphatic carbocycles. The summed E-state index contributed by atoms with van der Waals surface area (Å²) in [5.74, 6) is 5.27. The summed E-state index contributed by atoms with van der Waals surface area (Å²) >= 11 is 3.58. The molecule has 0 bridgehead atoms. The van der Waals surface area contributed by atoms with Crippen molar-refractivity contribution < 1.29 is 4.79 Å². The fourth-order valence-corrected chi connectivity index (χ4v) is 4.00. The third kappa shape index (κ3) is 2.67. The molecule has 0 radical (unpaired) electrons. The van der Waals surface area contributed by atoms with Gasteiger partial charge >= 0.3 is 0 Å². The molecular weight excluding hydrogens is 212 g/mol. The van der Waals surface area contributed by atoms with E-state index in [2.05, 4.69) is 24.3 Å². The summed E-state index contributed by atoms with van der Waals surface area (Å²) < 4.78 is 0. The minimum absolute atomic E-state index is 0.395. The second-order valence-corrected chi connectivity index (χ2v) is 5.73. The van der Waals surface area contributed by atoms with E-state index >= 15 is 0 Å². The third-order valence-electron chi connectivity index (χ3n) is 2.52. The molecule has 1 fully saturated rings. The minimum atomic E-state index is 0.395. The Morgan fingerprint density at radius 3 is 2.00 bits per heavy atom. The molecule has 2 aliphatic rings. The molecule has 2 rings (SSSR count). The Balaban J connectivity index is 2.01. The first kappa shape index (κ1) is 10.4. The maximum atomic E-state index is 11.3. The lowest BCUT2D eigenvalue weighted by Gasteiger charge is -2.22. The summed E-state index contributed by atoms with van der Waals surface area (Å²) in [6.45, 7) is 0. The number of rotatable bonds is 0. The Labute approximate surface area is 93.4 Å². The van der Waals surface area contributed by atoms with Gasteiger partial charge in [-0.25, -0.2) is 0 Å². The maximum absolute atomic E-state index is 11.3. The zero-order chi connectivity index (χ0) is 9.80. The number of hydrogen-bond donors (Lipinski definition) is 0. The van der Waals surface area contributed by atoms with Gasteiger partial charge in [-0.15, -0.1) is 0 Å². The summed E-state index contributed by atoms with van der Waals surface area (Å²) in [6, 6.07) is 0. The Morgan fingerprint density at radius 1 is 1.00 bits per heavy atom. The van der Waals surface area contributed by atoms with Crippen molar-refractivity contribution in [1.82, 2.24) is 0 Å². The Morgan fingerprint density at radius 2 is 1.50 bits per heavy atom. The molecule has 0 saturated carbocycles. The number of ketones is 1. The van der Waals surface area contributed by atoms with Gasteiger partial charge in [0.05, 0.1) is 11.5 Å². The zero-order valence-electron chi connectivity index (χ0n) is 8.02. The van der Waals surface area contributed by atoms with Crippen LogP contribution >= 0.6 is 23.5 Å². The largest absolute Gasteiger partial charge is 0.298 e. The van der Waals surface area contributed by atoms with Crippen molar-refractivity contribution in [3.8, 4) is 0 Å². The predicted octanol–water partition coefficient (Wildman–Crippen LogP) is 2.39. The van der Waals surface area contributed by atoms with Crippen LogP contribution in [0.2, 0.25) is 0 Å². The molecule has 1 aliphatic heterocycles. The minimum Gasteiger partial charge on any atom is -0.298 e. The summed E-state index contributed by atoms with van der Waals surface area (Å²) in [6.07, 6.45) is 8.83. The van der Waals surface area contributed by atoms with Gasteiger partial charge < -0.3 is 0 Å². The van der Waals surface area contributed by atoms with E-state index in [4.69, 9.17) is 0 Å². The highest BCUT2D eigenvalue weighted by molar-refractivity contribution is 8.01. The molecular formula is C11H14OS2. The van der Waals surface area contributed by atoms with Crippen LogP contribution in [0.1, 0.15) is 0 Å². The molecule has 0 aromatic heterocycles. The topological polar surface area (TPSA) is 17.1 Å². The van der Waals surface area contributed by atoms with Crippen LogP contribution in [0.4, 0.5) is 0 Å². The van der Waals surface area contributed by atoms with Gasteiger partial charge in [-0.3, -0.25) is 4.79 Å². The van der Waals surface area contributed by atoms with Crippen molar-refractivity contribution in [1.29, 1.82) is 0 Å². The lowest BCUT2D eigenvalue weighted by atomic mass is 9.92. The zero-order valence-corrected chi connectivity index (χ0v) is 9.65. The quantitative estimate of drug-likeness (QED) is 0.631. The fraction of sp³-hybridized carbons (Fsp3) is 0.545. The lowest BCUT2D eigenvalue weighted by molar-refractivity contribution is -0.114. The fourth-order valence-electron chi connectivity index (χ4n) is 1.72. The van der Waals surface area contributed by atoms with E-state index < -0.39 is 0 Å². The van der Waals surface area contributed by atoms with E-state index in [1.54, 1.807) is 23.5 Å². The second-order valence-electron chi connectivity index (χ2n) is 3.67. The van der Waals surface area contributed by atoms with Crippen LogP contribution in [0, 0.1) is 11.8 Å². The number of carbonyl (C=O) groups excluding carboxylic acids is 1. The number of allylic oxidation sites excluding steroid dienone is 4. The van der Waals surface area contributed by atoms with Crippen molar-refractivity contribution in [3.05, 3.63) is 24.3 Å². The summed E-state index contributed by atoms with van der Waals surface area (Å²) in [5.41, 5.74) is 0. The Kier molecular flexibility index (Phi) is 3.76. The summed E-state index contributed by atoms with van der Waals surface area (Å²) in [7, 11) is 0. The van der Waals surface area contributed by atoms with Crippen LogP contribution in [-0.2, 0) is 4.79 Å². The van der Waals surface area contributed by atoms with Gasteiger partial charge in [0.1, 0.15) is 0 Å². The molecule has 1 heterocycles. The monoisotopic (exact) mass is 226 g/mol. The molecule has 14 heavy (non-hydrogen) atoms. The summed E-state index contributed by atoms with van der Waals surface area (Å²) in [5, 5.41) is 0. The smallest absolute Gasteiger partial charge is 0.152 e. The van der Waals surface area contributed by atoms with Crippen LogP contribution in [-0.4, -0.2) is 28.8 Å². The normalized spacial score (nSPS) is 33.0. The van der Waals surface area contributed by atoms with Crippen LogP contribution < -0.4 is 0 Å². The summed E-state index contributed by atoms with van der Waals surface area (Å²) in [4.78, 5) is 11.3. The van der Waals surface area contributed by atoms with Crippen molar-refractivity contribution in [2.24, 2.45) is 11.8 Å². The highest BCUT2D eigenvalue weighted by Crippen LogP contribution is 2.28. The van der Waals surface area contributed by atoms with Gasteiger partial charge in [-0.1, -0.05) is 24.3 Å². The van der Waals surface area contributed by atoms with Crippen molar-refractivity contribution in [2.45, 2.75) is 0 Å². The van der Waals surface area contributed by atoms with Crippen molar-refractivity contribution in [2.75, 3.05) is 23.0 Å². The Hall–Kier alpha value is -0.150. The average Bonchev–Trinajstić information content (AvgIpc) is 2.28. The molecule has 3 heteroatoms. The van der Waals surface area contributed by atoms with E-state index in [1.807, 2.05) is 0 Å². The van der Waals surface area contributed by atoms with Crippen molar-refractivity contribution >= 4 is 29.3 Å². The number of carbonyl (C=O) groups is 1. The van der Waals surface area contributed by atoms with E-state index in [0.29, 0.717) is 29.1 Å². The number of hydrogen-bond acceptors (Lipinski definition) is 3. The molecule has 0 N–H and O–H groups in total. The second kappa shape index (κ2) is 5.08. The molecule has 2 atom stereocenters. The van der Waals surface area contributed by atoms with Gasteiger partial charge in [0.15, 0.2) is 5.78 Å². The lowest BCUT2D eigenvalue weighted by Crippen LogP contribution is -2.17. The van der Waals surface area contributed by atoms with Crippen LogP contribution in [0.5, 0.6) is 0 Å². The van der Waals surface area contributed by atoms with Gasteiger partial charge in [0.25, 0.3) is 0 Å². The number of Topliss-reactive ketones (excluding diaryl/α,β-unsaturated/α-hetero) is 1. The molecule has 0 amide bonds. The van der Waals surface area contributed by atoms with Crippen LogP contribution in [0.3, 0.4) is 0 Å². The Bertz CT molecular complexity index is 244. The first-order chi connectivity index (χ1) is 6.86. The molecule has 0 aromatic carbocycles. The molecule has 76 valence electrons. The van der Waals surface area contributed by atoms with Crippen LogP contribution in [0.25, 0.3) is 0 Å². The third-order valence-corrected chi connectivity index (χ3v) is 4.82. The average molecular weight is 226 g/mol. The van der Waals surface area contributed by atoms with Gasteiger partial charge in [0.2, 0.25) is 0 Å². The van der Waals surface area contributed by atoms with Crippen LogP contribution in [0.15, 0.2) is 24.3 Å². The highest BCUT2D eigenvalue weighted by atomic mass is 32.2. The maximum Gasteiger partial charge on any atom is 0.152 e. The SMILES string of the molecule is O=C1CSCC2C=CC=CC2CSC1. The first-order valence-electron chi connectivity index (χ1n) is 4.88. The van der Waals surface area contributed by atoms with Gasteiger partial charge in [-0.05, 0) is 11.8 Å². The first-order valence-corrected chi connectivity index (χ1v) is 7.19. The highest BCUT2D eigenvalue weighted by Gasteiger charge is 2.21. The molecule has 0 aromatic rings. The molecule has 0 spiro atoms. The van der Waals surface area contributed by atoms with Gasteiger partial charge in [0, 0.05) is 11.5 Å². The molecule has 2 unspecified atom stereocenters. The van der Waals surface area contributed by atoms with E-state index in [9.17, 15) is 4.79 Å². The number of thioether (sulfide) groups is 2. The van der Waals surface area contributed by atoms with E-state index in [0.717, 1.165) is 11.5 Å². The van der Waals surface area contributed by atoms with Gasteiger partial charge in [-0.2, -0.15) is 23.5 Å². The number of fused-ring (bicyclic) bond motifs is 1. The molecule has 1 nitrogen and oxygen atoms in total. The van der Waals surface area contributed by atoms with E-state index in [1.165, 1.54) is 0 Å².